The first-order chi connectivity index (χ1) is 12.2. The third kappa shape index (κ3) is 6.01. The van der Waals surface area contributed by atoms with Crippen molar-refractivity contribution >= 4 is 49.1 Å². The van der Waals surface area contributed by atoms with Gasteiger partial charge in [0, 0.05) is 9.79 Å². The summed E-state index contributed by atoms with van der Waals surface area (Å²) >= 11 is 6.68. The van der Waals surface area contributed by atoms with Gasteiger partial charge in [-0.25, -0.2) is 22.0 Å². The first-order valence-electron chi connectivity index (χ1n) is 6.86. The smallest absolute Gasteiger partial charge is 0.283 e. The van der Waals surface area contributed by atoms with Crippen LogP contribution < -0.4 is 9.86 Å². The number of nitrogens with one attached hydrogen (secondary N) is 1. The van der Waals surface area contributed by atoms with E-state index >= 15 is 0 Å². The zero-order valence-electron chi connectivity index (χ0n) is 13.4. The van der Waals surface area contributed by atoms with E-state index in [1.165, 1.54) is 6.07 Å². The molecule has 0 aliphatic carbocycles. The molecule has 0 fully saturated rings. The van der Waals surface area contributed by atoms with Crippen LogP contribution in [-0.4, -0.2) is 23.1 Å². The molecule has 2 rings (SSSR count). The van der Waals surface area contributed by atoms with Gasteiger partial charge in [0.05, 0.1) is 27.4 Å². The molecular weight excluding hydrogens is 449 g/mol. The van der Waals surface area contributed by atoms with Gasteiger partial charge in [-0.3, -0.25) is 4.72 Å². The van der Waals surface area contributed by atoms with Gasteiger partial charge in [-0.05, 0) is 36.4 Å². The standard InChI is InChI=1S/C14H12ClF3N2O4S3/c1-26(21,22)20-11-4-3-9(27(19,23)24)7-13(11)25-12-5-2-8(6-10(12)15)14(16,17)18/h2-7,20H,1H3,(H2,19,23,24). The normalized spacial score (nSPS) is 12.8. The maximum atomic E-state index is 12.7. The Labute approximate surface area is 163 Å². The molecule has 0 unspecified atom stereocenters. The highest BCUT2D eigenvalue weighted by Crippen LogP contribution is 2.41. The minimum Gasteiger partial charge on any atom is -0.283 e. The first-order valence-corrected chi connectivity index (χ1v) is 11.5. The van der Waals surface area contributed by atoms with E-state index in [1.807, 2.05) is 0 Å². The molecule has 148 valence electrons. The minimum atomic E-state index is -4.58. The van der Waals surface area contributed by atoms with E-state index in [-0.39, 0.29) is 25.4 Å². The van der Waals surface area contributed by atoms with Gasteiger partial charge in [0.1, 0.15) is 0 Å². The Hall–Kier alpha value is -1.47. The van der Waals surface area contributed by atoms with Crippen LogP contribution in [0.1, 0.15) is 5.56 Å². The highest BCUT2D eigenvalue weighted by molar-refractivity contribution is 7.99. The van der Waals surface area contributed by atoms with Gasteiger partial charge in [-0.15, -0.1) is 0 Å². The Morgan fingerprint density at radius 2 is 1.67 bits per heavy atom. The van der Waals surface area contributed by atoms with E-state index in [0.717, 1.165) is 48.3 Å². The van der Waals surface area contributed by atoms with Crippen LogP contribution >= 0.6 is 23.4 Å². The molecule has 0 amide bonds. The van der Waals surface area contributed by atoms with Crippen LogP contribution in [0.4, 0.5) is 18.9 Å². The van der Waals surface area contributed by atoms with Gasteiger partial charge < -0.3 is 0 Å². The largest absolute Gasteiger partial charge is 0.416 e. The Morgan fingerprint density at radius 3 is 2.15 bits per heavy atom. The fraction of sp³-hybridized carbons (Fsp3) is 0.143. The van der Waals surface area contributed by atoms with Crippen molar-refractivity contribution in [3.63, 3.8) is 0 Å². The molecule has 0 saturated carbocycles. The molecule has 3 N–H and O–H groups in total. The molecule has 6 nitrogen and oxygen atoms in total. The molecule has 13 heteroatoms. The Kier molecular flexibility index (Phi) is 6.07. The number of rotatable bonds is 5. The van der Waals surface area contributed by atoms with Gasteiger partial charge in [0.15, 0.2) is 0 Å². The van der Waals surface area contributed by atoms with Gasteiger partial charge in [-0.2, -0.15) is 13.2 Å². The molecule has 0 aliphatic rings. The molecule has 0 bridgehead atoms. The fourth-order valence-corrected chi connectivity index (χ4v) is 4.42. The highest BCUT2D eigenvalue weighted by Gasteiger charge is 2.31. The SMILES string of the molecule is CS(=O)(=O)Nc1ccc(S(N)(=O)=O)cc1Sc1ccc(C(F)(F)F)cc1Cl. The number of hydrogen-bond acceptors (Lipinski definition) is 5. The maximum absolute atomic E-state index is 12.7. The topological polar surface area (TPSA) is 106 Å². The van der Waals surface area contributed by atoms with Crippen molar-refractivity contribution in [3.8, 4) is 0 Å². The maximum Gasteiger partial charge on any atom is 0.416 e. The molecule has 0 heterocycles. The lowest BCUT2D eigenvalue weighted by atomic mass is 10.2. The number of nitrogens with two attached hydrogens (primary N) is 1. The number of benzene rings is 2. The average Bonchev–Trinajstić information content (AvgIpc) is 2.47. The van der Waals surface area contributed by atoms with Crippen LogP contribution in [0.3, 0.4) is 0 Å². The van der Waals surface area contributed by atoms with Crippen molar-refractivity contribution in [2.75, 3.05) is 11.0 Å². The van der Waals surface area contributed by atoms with Crippen LogP contribution in [0, 0.1) is 0 Å². The number of anilines is 1. The second kappa shape index (κ2) is 7.51. The van der Waals surface area contributed by atoms with Crippen molar-refractivity contribution in [2.24, 2.45) is 5.14 Å². The molecule has 0 aromatic heterocycles. The molecule has 27 heavy (non-hydrogen) atoms. The third-order valence-electron chi connectivity index (χ3n) is 3.06. The average molecular weight is 461 g/mol. The van der Waals surface area contributed by atoms with E-state index in [0.29, 0.717) is 0 Å². The summed E-state index contributed by atoms with van der Waals surface area (Å²) in [5.41, 5.74) is -0.935. The molecule has 0 atom stereocenters. The lowest BCUT2D eigenvalue weighted by molar-refractivity contribution is -0.137. The van der Waals surface area contributed by atoms with Crippen LogP contribution in [0.2, 0.25) is 5.02 Å². The minimum absolute atomic E-state index is 0.0193. The number of hydrogen-bond donors (Lipinski definition) is 2. The second-order valence-corrected chi connectivity index (χ2v) is 10.1. The lowest BCUT2D eigenvalue weighted by Crippen LogP contribution is -2.14. The fourth-order valence-electron chi connectivity index (χ4n) is 1.93. The summed E-state index contributed by atoms with van der Waals surface area (Å²) in [7, 11) is -7.79. The highest BCUT2D eigenvalue weighted by atomic mass is 35.5. The Bertz CT molecular complexity index is 1090. The van der Waals surface area contributed by atoms with Crippen molar-refractivity contribution in [1.82, 2.24) is 0 Å². The number of alkyl halides is 3. The van der Waals surface area contributed by atoms with E-state index in [1.54, 1.807) is 0 Å². The molecule has 2 aromatic rings. The summed E-state index contributed by atoms with van der Waals surface area (Å²) in [5, 5.41) is 4.83. The molecule has 0 aliphatic heterocycles. The van der Waals surface area contributed by atoms with Gasteiger partial charge in [-0.1, -0.05) is 23.4 Å². The summed E-state index contributed by atoms with van der Waals surface area (Å²) in [6.45, 7) is 0. The zero-order valence-corrected chi connectivity index (χ0v) is 16.6. The second-order valence-electron chi connectivity index (χ2n) is 5.32. The van der Waals surface area contributed by atoms with Crippen molar-refractivity contribution < 1.29 is 30.0 Å². The van der Waals surface area contributed by atoms with E-state index in [9.17, 15) is 30.0 Å². The van der Waals surface area contributed by atoms with Gasteiger partial charge >= 0.3 is 6.18 Å². The van der Waals surface area contributed by atoms with Gasteiger partial charge in [0.2, 0.25) is 20.0 Å². The Morgan fingerprint density at radius 1 is 1.04 bits per heavy atom. The lowest BCUT2D eigenvalue weighted by Gasteiger charge is -2.14. The predicted octanol–water partition coefficient (Wildman–Crippen LogP) is 3.53. The van der Waals surface area contributed by atoms with Crippen molar-refractivity contribution in [3.05, 3.63) is 47.0 Å². The summed E-state index contributed by atoms with van der Waals surface area (Å²) < 4.78 is 86.5. The summed E-state index contributed by atoms with van der Waals surface area (Å²) in [6, 6.07) is 6.01. The molecule has 0 spiro atoms. The van der Waals surface area contributed by atoms with Crippen LogP contribution in [0.25, 0.3) is 0 Å². The van der Waals surface area contributed by atoms with Crippen molar-refractivity contribution in [1.29, 1.82) is 0 Å². The van der Waals surface area contributed by atoms with Crippen LogP contribution in [0.5, 0.6) is 0 Å². The van der Waals surface area contributed by atoms with Crippen LogP contribution in [-0.2, 0) is 26.2 Å². The zero-order chi connectivity index (χ0) is 20.6. The molecule has 0 radical (unpaired) electrons. The summed E-state index contributed by atoms with van der Waals surface area (Å²) in [5.74, 6) is 0. The number of halogens is 4. The summed E-state index contributed by atoms with van der Waals surface area (Å²) in [4.78, 5) is -0.0477. The Balaban J connectivity index is 2.53. The molecular formula is C14H12ClF3N2O4S3. The van der Waals surface area contributed by atoms with E-state index < -0.39 is 31.8 Å². The number of sulfonamides is 2. The summed E-state index contributed by atoms with van der Waals surface area (Å²) in [6.07, 6.45) is -3.69. The quantitative estimate of drug-likeness (QED) is 0.710. The predicted molar refractivity (Wildman–Crippen MR) is 96.9 cm³/mol. The monoisotopic (exact) mass is 460 g/mol. The van der Waals surface area contributed by atoms with Crippen molar-refractivity contribution in [2.45, 2.75) is 20.9 Å². The molecule has 0 saturated heterocycles. The van der Waals surface area contributed by atoms with E-state index in [2.05, 4.69) is 4.72 Å². The number of primary sulfonamides is 1. The van der Waals surface area contributed by atoms with Gasteiger partial charge in [0.25, 0.3) is 0 Å². The first kappa shape index (κ1) is 21.8. The molecule has 2 aromatic carbocycles. The van der Waals surface area contributed by atoms with Crippen LogP contribution in [0.15, 0.2) is 51.1 Å². The van der Waals surface area contributed by atoms with E-state index in [4.69, 9.17) is 16.7 Å². The third-order valence-corrected chi connectivity index (χ3v) is 6.12.